The Bertz CT molecular complexity index is 456. The zero-order valence-electron chi connectivity index (χ0n) is 8.51. The highest BCUT2D eigenvalue weighted by Gasteiger charge is 2.14. The van der Waals surface area contributed by atoms with Crippen LogP contribution in [0.3, 0.4) is 0 Å². The van der Waals surface area contributed by atoms with Crippen molar-refractivity contribution in [3.8, 4) is 0 Å². The predicted octanol–water partition coefficient (Wildman–Crippen LogP) is 0.987. The van der Waals surface area contributed by atoms with Crippen LogP contribution >= 0.6 is 0 Å². The second-order valence-corrected chi connectivity index (χ2v) is 2.95. The Hall–Kier alpha value is -2.44. The van der Waals surface area contributed by atoms with Gasteiger partial charge in [-0.3, -0.25) is 10.1 Å². The van der Waals surface area contributed by atoms with E-state index < -0.39 is 11.0 Å². The number of nitro groups is 1. The molecular formula is C9H10N4O3. The van der Waals surface area contributed by atoms with Gasteiger partial charge in [0.2, 0.25) is 0 Å². The van der Waals surface area contributed by atoms with Crippen molar-refractivity contribution in [3.05, 3.63) is 39.9 Å². The molecule has 0 bridgehead atoms. The maximum Gasteiger partial charge on any atom is 0.332 e. The quantitative estimate of drug-likeness (QED) is 0.451. The molecule has 1 aromatic carbocycles. The number of nitrogens with zero attached hydrogens (tertiary/aromatic N) is 2. The summed E-state index contributed by atoms with van der Waals surface area (Å²) in [4.78, 5) is 20.6. The minimum Gasteiger partial charge on any atom is -0.350 e. The van der Waals surface area contributed by atoms with Crippen LogP contribution in [0.5, 0.6) is 0 Å². The Morgan fingerprint density at radius 2 is 2.12 bits per heavy atom. The van der Waals surface area contributed by atoms with E-state index in [1.165, 1.54) is 13.0 Å². The van der Waals surface area contributed by atoms with Crippen molar-refractivity contribution in [3.63, 3.8) is 0 Å². The third kappa shape index (κ3) is 2.77. The fourth-order valence-corrected chi connectivity index (χ4v) is 1.14. The second kappa shape index (κ2) is 4.87. The molecule has 0 saturated carbocycles. The fraction of sp³-hybridized carbons (Fsp3) is 0.111. The van der Waals surface area contributed by atoms with Gasteiger partial charge in [-0.25, -0.2) is 10.2 Å². The van der Waals surface area contributed by atoms with Gasteiger partial charge < -0.3 is 5.73 Å². The van der Waals surface area contributed by atoms with Gasteiger partial charge in [-0.2, -0.15) is 5.10 Å². The van der Waals surface area contributed by atoms with Gasteiger partial charge in [0, 0.05) is 6.07 Å². The number of urea groups is 1. The molecule has 16 heavy (non-hydrogen) atoms. The molecule has 0 aliphatic carbocycles. The maximum absolute atomic E-state index is 10.7. The van der Waals surface area contributed by atoms with Gasteiger partial charge in [-0.15, -0.1) is 0 Å². The van der Waals surface area contributed by atoms with Crippen LogP contribution in [0.4, 0.5) is 10.5 Å². The molecule has 0 radical (unpaired) electrons. The smallest absolute Gasteiger partial charge is 0.332 e. The van der Waals surface area contributed by atoms with E-state index in [1.807, 2.05) is 5.43 Å². The van der Waals surface area contributed by atoms with E-state index >= 15 is 0 Å². The molecule has 0 spiro atoms. The number of benzene rings is 1. The number of primary amides is 1. The number of nitrogens with two attached hydrogens (primary N) is 1. The minimum absolute atomic E-state index is 0.0741. The number of hydrazone groups is 1. The molecule has 1 aromatic rings. The first kappa shape index (κ1) is 11.6. The summed E-state index contributed by atoms with van der Waals surface area (Å²) in [6, 6.07) is 5.28. The topological polar surface area (TPSA) is 111 Å². The van der Waals surface area contributed by atoms with Gasteiger partial charge in [0.1, 0.15) is 0 Å². The largest absolute Gasteiger partial charge is 0.350 e. The SMILES string of the molecule is CC(=NNC(N)=O)c1ccccc1[N+](=O)[O-]. The molecule has 0 unspecified atom stereocenters. The Morgan fingerprint density at radius 1 is 1.50 bits per heavy atom. The number of carbonyl (C=O) groups excluding carboxylic acids is 1. The molecule has 1 rings (SSSR count). The molecule has 0 fully saturated rings. The molecule has 3 N–H and O–H groups in total. The Kier molecular flexibility index (Phi) is 3.54. The predicted molar refractivity (Wildman–Crippen MR) is 58.0 cm³/mol. The van der Waals surface area contributed by atoms with E-state index in [0.717, 1.165) is 0 Å². The van der Waals surface area contributed by atoms with Crippen molar-refractivity contribution in [1.29, 1.82) is 0 Å². The van der Waals surface area contributed by atoms with Crippen molar-refractivity contribution in [2.45, 2.75) is 6.92 Å². The highest BCUT2D eigenvalue weighted by molar-refractivity contribution is 6.02. The van der Waals surface area contributed by atoms with Crippen LogP contribution < -0.4 is 11.2 Å². The van der Waals surface area contributed by atoms with Crippen LogP contribution in [0.2, 0.25) is 0 Å². The zero-order valence-corrected chi connectivity index (χ0v) is 8.51. The molecule has 0 atom stereocenters. The molecule has 7 nitrogen and oxygen atoms in total. The summed E-state index contributed by atoms with van der Waals surface area (Å²) in [7, 11) is 0. The number of amides is 2. The van der Waals surface area contributed by atoms with Gasteiger partial charge >= 0.3 is 6.03 Å². The summed E-state index contributed by atoms with van der Waals surface area (Å²) in [5.74, 6) is 0. The van der Waals surface area contributed by atoms with Crippen LogP contribution in [0.15, 0.2) is 29.4 Å². The van der Waals surface area contributed by atoms with Crippen molar-refractivity contribution in [1.82, 2.24) is 5.43 Å². The third-order valence-corrected chi connectivity index (χ3v) is 1.82. The molecule has 2 amide bonds. The Balaban J connectivity index is 3.07. The first-order chi connectivity index (χ1) is 7.52. The summed E-state index contributed by atoms with van der Waals surface area (Å²) in [6.07, 6.45) is 0. The van der Waals surface area contributed by atoms with Gasteiger partial charge in [0.15, 0.2) is 0 Å². The molecule has 0 aromatic heterocycles. The molecule has 0 heterocycles. The Morgan fingerprint density at radius 3 is 2.69 bits per heavy atom. The van der Waals surface area contributed by atoms with Crippen LogP contribution in [0, 0.1) is 10.1 Å². The zero-order chi connectivity index (χ0) is 12.1. The van der Waals surface area contributed by atoms with Gasteiger partial charge in [-0.1, -0.05) is 12.1 Å². The minimum atomic E-state index is -0.821. The number of nitro benzene ring substituents is 1. The highest BCUT2D eigenvalue weighted by atomic mass is 16.6. The molecule has 0 saturated heterocycles. The van der Waals surface area contributed by atoms with E-state index in [0.29, 0.717) is 11.3 Å². The average Bonchev–Trinajstić information content (AvgIpc) is 2.25. The first-order valence-electron chi connectivity index (χ1n) is 4.36. The normalized spacial score (nSPS) is 10.9. The van der Waals surface area contributed by atoms with Gasteiger partial charge in [-0.05, 0) is 13.0 Å². The van der Waals surface area contributed by atoms with Gasteiger partial charge in [0.05, 0.1) is 16.2 Å². The lowest BCUT2D eigenvalue weighted by atomic mass is 10.1. The summed E-state index contributed by atoms with van der Waals surface area (Å²) >= 11 is 0. The van der Waals surface area contributed by atoms with E-state index in [4.69, 9.17) is 5.73 Å². The number of hydrogen-bond donors (Lipinski definition) is 2. The van der Waals surface area contributed by atoms with Crippen LogP contribution in [0.1, 0.15) is 12.5 Å². The maximum atomic E-state index is 10.7. The summed E-state index contributed by atoms with van der Waals surface area (Å²) in [5, 5.41) is 14.3. The standard InChI is InChI=1S/C9H10N4O3/c1-6(11-12-9(10)14)7-4-2-3-5-8(7)13(15)16/h2-5H,1H3,(H3,10,12,14). The van der Waals surface area contributed by atoms with Crippen molar-refractivity contribution < 1.29 is 9.72 Å². The van der Waals surface area contributed by atoms with Crippen LogP contribution in [-0.4, -0.2) is 16.7 Å². The summed E-state index contributed by atoms with van der Waals surface area (Å²) in [5.41, 5.74) is 7.41. The number of carbonyl (C=O) groups is 1. The van der Waals surface area contributed by atoms with Crippen LogP contribution in [0.25, 0.3) is 0 Å². The Labute approximate surface area is 91.1 Å². The number of rotatable bonds is 3. The van der Waals surface area contributed by atoms with Crippen molar-refractivity contribution in [2.75, 3.05) is 0 Å². The van der Waals surface area contributed by atoms with E-state index in [9.17, 15) is 14.9 Å². The monoisotopic (exact) mass is 222 g/mol. The summed E-state index contributed by atoms with van der Waals surface area (Å²) < 4.78 is 0. The lowest BCUT2D eigenvalue weighted by Gasteiger charge is -2.01. The highest BCUT2D eigenvalue weighted by Crippen LogP contribution is 2.18. The molecular weight excluding hydrogens is 212 g/mol. The molecule has 7 heteroatoms. The van der Waals surface area contributed by atoms with E-state index in [2.05, 4.69) is 5.10 Å². The second-order valence-electron chi connectivity index (χ2n) is 2.95. The lowest BCUT2D eigenvalue weighted by Crippen LogP contribution is -2.25. The van der Waals surface area contributed by atoms with E-state index in [1.54, 1.807) is 18.2 Å². The van der Waals surface area contributed by atoms with Crippen LogP contribution in [-0.2, 0) is 0 Å². The molecule has 0 aliphatic rings. The van der Waals surface area contributed by atoms with Gasteiger partial charge in [0.25, 0.3) is 5.69 Å². The lowest BCUT2D eigenvalue weighted by molar-refractivity contribution is -0.385. The average molecular weight is 222 g/mol. The number of para-hydroxylation sites is 1. The van der Waals surface area contributed by atoms with Crippen molar-refractivity contribution >= 4 is 17.4 Å². The van der Waals surface area contributed by atoms with Crippen molar-refractivity contribution in [2.24, 2.45) is 10.8 Å². The first-order valence-corrected chi connectivity index (χ1v) is 4.36. The fourth-order valence-electron chi connectivity index (χ4n) is 1.14. The summed E-state index contributed by atoms with van der Waals surface area (Å²) in [6.45, 7) is 1.54. The molecule has 84 valence electrons. The third-order valence-electron chi connectivity index (χ3n) is 1.82. The number of hydrogen-bond acceptors (Lipinski definition) is 4. The number of nitrogens with one attached hydrogen (secondary N) is 1. The van der Waals surface area contributed by atoms with E-state index in [-0.39, 0.29) is 5.69 Å². The molecule has 0 aliphatic heterocycles.